The number of nitrogens with zero attached hydrogens (tertiary/aromatic N) is 1. The van der Waals surface area contributed by atoms with E-state index in [2.05, 4.69) is 16.0 Å². The van der Waals surface area contributed by atoms with Gasteiger partial charge in [0.1, 0.15) is 17.8 Å². The Hall–Kier alpha value is -3.88. The van der Waals surface area contributed by atoms with Crippen molar-refractivity contribution in [2.24, 2.45) is 0 Å². The largest absolute Gasteiger partial charge is 0.497 e. The molecule has 1 aliphatic heterocycles. The summed E-state index contributed by atoms with van der Waals surface area (Å²) in [4.78, 5) is 50.8. The zero-order valence-electron chi connectivity index (χ0n) is 17.8. The van der Waals surface area contributed by atoms with Crippen LogP contribution in [-0.2, 0) is 15.1 Å². The molecule has 9 nitrogen and oxygen atoms in total. The standard InChI is InChI=1S/C23H24N4O5/c1-23(15-5-11-18(32-2)12-6-15)21(30)27(22(31)26-23)13-19(28)24-16-7-3-14(4-8-16)20(29)25-17-9-10-17/h3-8,11-12,17H,9-10,13H2,1-2H3,(H,24,28)(H,25,29)(H,26,31). The van der Waals surface area contributed by atoms with Crippen LogP contribution in [0, 0.1) is 0 Å². The summed E-state index contributed by atoms with van der Waals surface area (Å²) in [5, 5.41) is 8.21. The molecule has 2 aromatic carbocycles. The molecule has 1 unspecified atom stereocenters. The summed E-state index contributed by atoms with van der Waals surface area (Å²) >= 11 is 0. The lowest BCUT2D eigenvalue weighted by Crippen LogP contribution is -2.42. The number of imide groups is 1. The summed E-state index contributed by atoms with van der Waals surface area (Å²) in [7, 11) is 1.54. The summed E-state index contributed by atoms with van der Waals surface area (Å²) in [5.74, 6) is -0.568. The van der Waals surface area contributed by atoms with E-state index in [1.807, 2.05) is 0 Å². The molecule has 1 aliphatic carbocycles. The maximum Gasteiger partial charge on any atom is 0.325 e. The first-order valence-electron chi connectivity index (χ1n) is 10.3. The number of nitrogens with one attached hydrogen (secondary N) is 3. The fraction of sp³-hybridized carbons (Fsp3) is 0.304. The molecule has 0 spiro atoms. The number of anilines is 1. The Morgan fingerprint density at radius 2 is 1.75 bits per heavy atom. The Balaban J connectivity index is 1.38. The molecule has 1 saturated heterocycles. The van der Waals surface area contributed by atoms with Gasteiger partial charge in [-0.1, -0.05) is 12.1 Å². The van der Waals surface area contributed by atoms with Gasteiger partial charge in [0, 0.05) is 17.3 Å². The van der Waals surface area contributed by atoms with Crippen LogP contribution in [0.4, 0.5) is 10.5 Å². The molecule has 3 N–H and O–H groups in total. The van der Waals surface area contributed by atoms with E-state index in [1.54, 1.807) is 55.5 Å². The van der Waals surface area contributed by atoms with Crippen molar-refractivity contribution < 1.29 is 23.9 Å². The predicted octanol–water partition coefficient (Wildman–Crippen LogP) is 1.99. The molecule has 32 heavy (non-hydrogen) atoms. The lowest BCUT2D eigenvalue weighted by atomic mass is 9.92. The topological polar surface area (TPSA) is 117 Å². The van der Waals surface area contributed by atoms with Gasteiger partial charge in [-0.15, -0.1) is 0 Å². The average molecular weight is 436 g/mol. The van der Waals surface area contributed by atoms with Crippen LogP contribution in [0.15, 0.2) is 48.5 Å². The van der Waals surface area contributed by atoms with Gasteiger partial charge in [-0.2, -0.15) is 0 Å². The first-order valence-corrected chi connectivity index (χ1v) is 10.3. The fourth-order valence-electron chi connectivity index (χ4n) is 3.51. The highest BCUT2D eigenvalue weighted by Gasteiger charge is 2.49. The van der Waals surface area contributed by atoms with Gasteiger partial charge in [0.15, 0.2) is 0 Å². The molecule has 2 aliphatic rings. The van der Waals surface area contributed by atoms with Crippen molar-refractivity contribution in [1.29, 1.82) is 0 Å². The number of hydrogen-bond donors (Lipinski definition) is 3. The van der Waals surface area contributed by atoms with Crippen molar-refractivity contribution >= 4 is 29.4 Å². The Bertz CT molecular complexity index is 1060. The van der Waals surface area contributed by atoms with Crippen LogP contribution in [0.1, 0.15) is 35.7 Å². The number of carbonyl (C=O) groups excluding carboxylic acids is 4. The summed E-state index contributed by atoms with van der Waals surface area (Å²) < 4.78 is 5.13. The van der Waals surface area contributed by atoms with Crippen LogP contribution in [0.5, 0.6) is 5.75 Å². The Kier molecular flexibility index (Phi) is 5.56. The third-order valence-electron chi connectivity index (χ3n) is 5.59. The fourth-order valence-corrected chi connectivity index (χ4v) is 3.51. The van der Waals surface area contributed by atoms with Crippen molar-refractivity contribution in [3.05, 3.63) is 59.7 Å². The molecular weight excluding hydrogens is 412 g/mol. The predicted molar refractivity (Wildman–Crippen MR) is 116 cm³/mol. The molecule has 1 atom stereocenters. The van der Waals surface area contributed by atoms with Gasteiger partial charge in [0.25, 0.3) is 11.8 Å². The minimum Gasteiger partial charge on any atom is -0.497 e. The average Bonchev–Trinajstić information content (AvgIpc) is 3.57. The summed E-state index contributed by atoms with van der Waals surface area (Å²) in [6.07, 6.45) is 2.00. The normalized spacial score (nSPS) is 20.0. The molecule has 5 amide bonds. The SMILES string of the molecule is COc1ccc(C2(C)NC(=O)N(CC(=O)Nc3ccc(C(=O)NC4CC4)cc3)C2=O)cc1. The van der Waals surface area contributed by atoms with Gasteiger partial charge >= 0.3 is 6.03 Å². The minimum absolute atomic E-state index is 0.150. The van der Waals surface area contributed by atoms with Crippen molar-refractivity contribution in [2.75, 3.05) is 19.0 Å². The van der Waals surface area contributed by atoms with E-state index >= 15 is 0 Å². The smallest absolute Gasteiger partial charge is 0.325 e. The zero-order valence-corrected chi connectivity index (χ0v) is 17.8. The van der Waals surface area contributed by atoms with Gasteiger partial charge in [-0.05, 0) is 61.7 Å². The zero-order chi connectivity index (χ0) is 22.9. The van der Waals surface area contributed by atoms with Crippen LogP contribution in [0.2, 0.25) is 0 Å². The molecule has 166 valence electrons. The summed E-state index contributed by atoms with van der Waals surface area (Å²) in [6.45, 7) is 1.17. The molecule has 0 radical (unpaired) electrons. The monoisotopic (exact) mass is 436 g/mol. The molecule has 9 heteroatoms. The van der Waals surface area contributed by atoms with Gasteiger partial charge in [-0.3, -0.25) is 19.3 Å². The van der Waals surface area contributed by atoms with Crippen molar-refractivity contribution in [2.45, 2.75) is 31.3 Å². The Labute approximate surface area is 185 Å². The highest BCUT2D eigenvalue weighted by molar-refractivity contribution is 6.10. The van der Waals surface area contributed by atoms with Gasteiger partial charge < -0.3 is 20.7 Å². The maximum atomic E-state index is 13.0. The van der Waals surface area contributed by atoms with Crippen LogP contribution in [0.25, 0.3) is 0 Å². The molecular formula is C23H24N4O5. The van der Waals surface area contributed by atoms with Crippen molar-refractivity contribution in [3.63, 3.8) is 0 Å². The highest BCUT2D eigenvalue weighted by Crippen LogP contribution is 2.30. The third-order valence-corrected chi connectivity index (χ3v) is 5.59. The number of rotatable bonds is 7. The van der Waals surface area contributed by atoms with E-state index in [0.29, 0.717) is 22.6 Å². The van der Waals surface area contributed by atoms with Crippen LogP contribution in [-0.4, -0.2) is 48.3 Å². The minimum atomic E-state index is -1.28. The number of carbonyl (C=O) groups is 4. The second-order valence-corrected chi connectivity index (χ2v) is 8.05. The number of methoxy groups -OCH3 is 1. The van der Waals surface area contributed by atoms with Gasteiger partial charge in [-0.25, -0.2) is 4.79 Å². The first kappa shape index (κ1) is 21.4. The van der Waals surface area contributed by atoms with E-state index in [-0.39, 0.29) is 11.9 Å². The summed E-state index contributed by atoms with van der Waals surface area (Å²) in [5.41, 5.74) is 0.266. The number of amides is 5. The Morgan fingerprint density at radius 1 is 1.09 bits per heavy atom. The van der Waals surface area contributed by atoms with E-state index in [9.17, 15) is 19.2 Å². The lowest BCUT2D eigenvalue weighted by Gasteiger charge is -2.22. The summed E-state index contributed by atoms with van der Waals surface area (Å²) in [6, 6.07) is 12.8. The second-order valence-electron chi connectivity index (χ2n) is 8.05. The van der Waals surface area contributed by atoms with E-state index in [4.69, 9.17) is 4.74 Å². The quantitative estimate of drug-likeness (QED) is 0.574. The van der Waals surface area contributed by atoms with Crippen LogP contribution in [0.3, 0.4) is 0 Å². The van der Waals surface area contributed by atoms with E-state index < -0.39 is 29.9 Å². The number of hydrogen-bond acceptors (Lipinski definition) is 5. The van der Waals surface area contributed by atoms with Gasteiger partial charge in [0.2, 0.25) is 5.91 Å². The van der Waals surface area contributed by atoms with Crippen molar-refractivity contribution in [3.8, 4) is 5.75 Å². The molecule has 4 rings (SSSR count). The molecule has 1 heterocycles. The lowest BCUT2D eigenvalue weighted by molar-refractivity contribution is -0.133. The number of ether oxygens (including phenoxy) is 1. The maximum absolute atomic E-state index is 13.0. The second kappa shape index (κ2) is 8.33. The molecule has 2 aromatic rings. The molecule has 1 saturated carbocycles. The van der Waals surface area contributed by atoms with E-state index in [0.717, 1.165) is 17.7 Å². The molecule has 0 bridgehead atoms. The van der Waals surface area contributed by atoms with Crippen molar-refractivity contribution in [1.82, 2.24) is 15.5 Å². The molecule has 0 aromatic heterocycles. The van der Waals surface area contributed by atoms with Crippen LogP contribution < -0.4 is 20.7 Å². The third kappa shape index (κ3) is 4.27. The number of benzene rings is 2. The highest BCUT2D eigenvalue weighted by atomic mass is 16.5. The first-order chi connectivity index (χ1) is 15.3. The Morgan fingerprint density at radius 3 is 2.34 bits per heavy atom. The van der Waals surface area contributed by atoms with Gasteiger partial charge in [0.05, 0.1) is 7.11 Å². The van der Waals surface area contributed by atoms with Crippen LogP contribution >= 0.6 is 0 Å². The number of urea groups is 1. The molecule has 2 fully saturated rings. The van der Waals surface area contributed by atoms with E-state index in [1.165, 1.54) is 7.11 Å².